The lowest BCUT2D eigenvalue weighted by Crippen LogP contribution is -2.57. The van der Waals surface area contributed by atoms with E-state index in [9.17, 15) is 14.4 Å². The van der Waals surface area contributed by atoms with Crippen LogP contribution in [0.25, 0.3) is 0 Å². The van der Waals surface area contributed by atoms with Crippen LogP contribution in [0.5, 0.6) is 0 Å². The van der Waals surface area contributed by atoms with E-state index in [1.54, 1.807) is 39.8 Å². The lowest BCUT2D eigenvalue weighted by Gasteiger charge is -2.39. The van der Waals surface area contributed by atoms with Gasteiger partial charge in [0.05, 0.1) is 6.61 Å². The summed E-state index contributed by atoms with van der Waals surface area (Å²) in [7, 11) is 3.99. The molecule has 1 aromatic rings. The fourth-order valence-corrected chi connectivity index (χ4v) is 9.41. The van der Waals surface area contributed by atoms with Crippen LogP contribution < -0.4 is 0 Å². The number of hydrogen-bond acceptors (Lipinski definition) is 17. The summed E-state index contributed by atoms with van der Waals surface area (Å²) >= 11 is 1.77. The first-order valence-corrected chi connectivity index (χ1v) is 27.6. The molecule has 0 amide bonds. The van der Waals surface area contributed by atoms with E-state index in [-0.39, 0.29) is 41.8 Å². The molecular weight excluding hydrogens is 881 g/mol. The Bertz CT molecular complexity index is 1820. The van der Waals surface area contributed by atoms with Crippen LogP contribution in [0.1, 0.15) is 81.1 Å². The second-order valence-corrected chi connectivity index (χ2v) is 26.5. The largest absolute Gasteiger partial charge is 0.494 e. The van der Waals surface area contributed by atoms with E-state index in [4.69, 9.17) is 61.6 Å². The number of ketones is 3. The number of hydrogen-bond donors (Lipinski definition) is 0. The van der Waals surface area contributed by atoms with Crippen molar-refractivity contribution in [3.05, 3.63) is 42.2 Å². The Kier molecular flexibility index (Phi) is 15.8. The zero-order valence-electron chi connectivity index (χ0n) is 40.8. The fourth-order valence-electron chi connectivity index (χ4n) is 8.98. The van der Waals surface area contributed by atoms with E-state index in [0.29, 0.717) is 38.0 Å². The van der Waals surface area contributed by atoms with Crippen LogP contribution in [-0.4, -0.2) is 149 Å². The van der Waals surface area contributed by atoms with Crippen molar-refractivity contribution in [2.75, 3.05) is 34.2 Å². The molecule has 9 aliphatic rings. The van der Waals surface area contributed by atoms with Crippen LogP contribution in [0.2, 0.25) is 25.7 Å². The molecule has 0 aromatic heterocycles. The summed E-state index contributed by atoms with van der Waals surface area (Å²) < 4.78 is 73.0. The van der Waals surface area contributed by atoms with Gasteiger partial charge in [0.1, 0.15) is 42.4 Å². The number of ether oxygens (including phenoxy) is 13. The Hall–Kier alpha value is -2.14. The third kappa shape index (κ3) is 10.3. The van der Waals surface area contributed by atoms with Crippen LogP contribution in [-0.2, 0) is 76.0 Å². The summed E-state index contributed by atoms with van der Waals surface area (Å²) in [5.74, 6) is -1.57. The number of benzene rings is 1. The third-order valence-corrected chi connectivity index (χ3v) is 15.8. The summed E-state index contributed by atoms with van der Waals surface area (Å²) in [6, 6.07) is 11.7. The molecule has 10 rings (SSSR count). The number of carbonyl (C=O) groups excluding carboxylic acids is 3. The molecule has 0 radical (unpaired) electrons. The second-order valence-electron chi connectivity index (χ2n) is 19.8. The predicted octanol–water partition coefficient (Wildman–Crippen LogP) is 6.73. The SMILES string of the molecule is CCOC1=CC(=O)C12O[C@@H](OC)[C@@H]1OC(C)(C)O[C@@H]12.CC[Si](C)(C)C.CO[C@@H]1OC2(CCC2=O)[C@H]2OC(C)(C)O[C@@H]12.CO[C@@H]1OC2(CCC2=O)[C@H]2OC(C)(C)O[C@@H]12.CSc1ccccc1. The molecule has 2 saturated carbocycles. The lowest BCUT2D eigenvalue weighted by atomic mass is 9.74. The standard InChI is InChI=1S/C13H18O6.2C11H16O5.C7H8S.C5H14Si/c1-5-16-8-6-7(14)13(8)10-9(11(15-4)19-13)17-12(2,3)18-10;2*1-10(2)14-7-8(15-10)11(5-4-6(11)12)16-9(7)13-3;1-8-7-5-3-2-4-6-7;1-5-6(2,3)4/h6,9-11H,5H2,1-4H3;2*7-9H,4-5H2,1-3H3;2-6H,1H3;5H2,1-4H3/t9-,10+,11-,13?;2*7-,8+,9-,11?;;/m111../s1. The molecule has 18 heteroatoms. The van der Waals surface area contributed by atoms with E-state index < -0.39 is 73.3 Å². The summed E-state index contributed by atoms with van der Waals surface area (Å²) in [4.78, 5) is 36.9. The molecule has 1 aromatic carbocycles. The highest BCUT2D eigenvalue weighted by Gasteiger charge is 2.73. The minimum Gasteiger partial charge on any atom is -0.494 e. The molecule has 8 fully saturated rings. The molecule has 0 N–H and O–H groups in total. The predicted molar refractivity (Wildman–Crippen MR) is 241 cm³/mol. The second kappa shape index (κ2) is 19.7. The summed E-state index contributed by atoms with van der Waals surface area (Å²) in [5.41, 5.74) is -2.81. The van der Waals surface area contributed by atoms with Crippen molar-refractivity contribution in [3.63, 3.8) is 0 Å². The maximum absolute atomic E-state index is 12.1. The Balaban J connectivity index is 0.000000142. The zero-order chi connectivity index (χ0) is 48.0. The van der Waals surface area contributed by atoms with Crippen molar-refractivity contribution in [2.24, 2.45) is 0 Å². The molecule has 6 heterocycles. The average Bonchev–Trinajstić information content (AvgIpc) is 4.07. The van der Waals surface area contributed by atoms with Gasteiger partial charge in [-0.15, -0.1) is 11.8 Å². The van der Waals surface area contributed by atoms with Gasteiger partial charge >= 0.3 is 0 Å². The smallest absolute Gasteiger partial charge is 0.219 e. The van der Waals surface area contributed by atoms with Crippen LogP contribution >= 0.6 is 11.8 Å². The van der Waals surface area contributed by atoms with Gasteiger partial charge in [0.15, 0.2) is 59.0 Å². The maximum atomic E-state index is 12.1. The molecule has 3 aliphatic carbocycles. The van der Waals surface area contributed by atoms with E-state index in [2.05, 4.69) is 45.0 Å². The number of thioether (sulfide) groups is 1. The molecule has 6 saturated heterocycles. The molecule has 3 spiro atoms. The van der Waals surface area contributed by atoms with Gasteiger partial charge in [-0.2, -0.15) is 0 Å². The molecule has 12 atom stereocenters. The Labute approximate surface area is 389 Å². The van der Waals surface area contributed by atoms with Gasteiger partial charge in [-0.05, 0) is 79.7 Å². The van der Waals surface area contributed by atoms with Gasteiger partial charge in [-0.25, -0.2) is 0 Å². The van der Waals surface area contributed by atoms with Gasteiger partial charge in [0, 0.05) is 53.2 Å². The van der Waals surface area contributed by atoms with Gasteiger partial charge in [0.25, 0.3) is 0 Å². The average molecular weight is 953 g/mol. The minimum absolute atomic E-state index is 0.100. The number of Topliss-reactive ketones (excluding diaryl/α,β-unsaturated/α-hetero) is 2. The highest BCUT2D eigenvalue weighted by atomic mass is 32.2. The van der Waals surface area contributed by atoms with Gasteiger partial charge in [0.2, 0.25) is 11.4 Å². The van der Waals surface area contributed by atoms with Crippen molar-refractivity contribution < 1.29 is 76.0 Å². The van der Waals surface area contributed by atoms with Crippen molar-refractivity contribution in [1.29, 1.82) is 0 Å². The summed E-state index contributed by atoms with van der Waals surface area (Å²) in [5, 5.41) is 0. The third-order valence-electron chi connectivity index (χ3n) is 12.9. The normalized spacial score (nSPS) is 39.2. The lowest BCUT2D eigenvalue weighted by molar-refractivity contribution is -0.255. The molecule has 366 valence electrons. The van der Waals surface area contributed by atoms with Gasteiger partial charge < -0.3 is 61.6 Å². The number of rotatable bonds is 7. The highest BCUT2D eigenvalue weighted by Crippen LogP contribution is 2.54. The Morgan fingerprint density at radius 2 is 1.02 bits per heavy atom. The molecule has 6 aliphatic heterocycles. The first-order valence-electron chi connectivity index (χ1n) is 22.6. The van der Waals surface area contributed by atoms with E-state index in [1.165, 1.54) is 24.1 Å². The van der Waals surface area contributed by atoms with Crippen LogP contribution in [0.3, 0.4) is 0 Å². The van der Waals surface area contributed by atoms with Gasteiger partial charge in [-0.3, -0.25) is 14.4 Å². The topological polar surface area (TPSA) is 171 Å². The van der Waals surface area contributed by atoms with Crippen molar-refractivity contribution in [1.82, 2.24) is 0 Å². The fraction of sp³-hybridized carbons (Fsp3) is 0.766. The molecule has 0 bridgehead atoms. The highest BCUT2D eigenvalue weighted by molar-refractivity contribution is 7.98. The molecule has 16 nitrogen and oxygen atoms in total. The monoisotopic (exact) mass is 952 g/mol. The van der Waals surface area contributed by atoms with E-state index in [1.807, 2.05) is 52.8 Å². The van der Waals surface area contributed by atoms with Crippen molar-refractivity contribution in [3.8, 4) is 0 Å². The van der Waals surface area contributed by atoms with E-state index in [0.717, 1.165) is 0 Å². The molecule has 3 unspecified atom stereocenters. The van der Waals surface area contributed by atoms with Crippen LogP contribution in [0.4, 0.5) is 0 Å². The summed E-state index contributed by atoms with van der Waals surface area (Å²) in [6.07, 6.45) is 2.16. The maximum Gasteiger partial charge on any atom is 0.219 e. The van der Waals surface area contributed by atoms with Crippen LogP contribution in [0, 0.1) is 0 Å². The quantitative estimate of drug-likeness (QED) is 0.208. The number of carbonyl (C=O) groups is 3. The van der Waals surface area contributed by atoms with Crippen molar-refractivity contribution in [2.45, 2.75) is 201 Å². The van der Waals surface area contributed by atoms with Crippen LogP contribution in [0.15, 0.2) is 47.1 Å². The Morgan fingerprint density at radius 3 is 1.32 bits per heavy atom. The Morgan fingerprint density at radius 1 is 0.615 bits per heavy atom. The first kappa shape index (κ1) is 52.2. The zero-order valence-corrected chi connectivity index (χ0v) is 42.7. The van der Waals surface area contributed by atoms with Crippen molar-refractivity contribution >= 4 is 37.2 Å². The first-order chi connectivity index (χ1) is 30.4. The minimum atomic E-state index is -1.20. The molecular formula is C47H72O16SSi. The molecule has 65 heavy (non-hydrogen) atoms. The van der Waals surface area contributed by atoms with E-state index >= 15 is 0 Å². The number of fused-ring (bicyclic) bond motifs is 6. The number of methoxy groups -OCH3 is 3. The summed E-state index contributed by atoms with van der Waals surface area (Å²) in [6.45, 7) is 22.7. The van der Waals surface area contributed by atoms with Gasteiger partial charge in [-0.1, -0.05) is 50.8 Å².